The number of sulfone groups is 1. The van der Waals surface area contributed by atoms with Crippen molar-refractivity contribution in [1.29, 1.82) is 0 Å². The number of carbonyl (C=O) groups is 1. The number of benzene rings is 1. The Kier molecular flexibility index (Phi) is 6.00. The van der Waals surface area contributed by atoms with E-state index >= 15 is 0 Å². The molecule has 0 radical (unpaired) electrons. The highest BCUT2D eigenvalue weighted by Gasteiger charge is 2.28. The molecule has 0 spiro atoms. The predicted molar refractivity (Wildman–Crippen MR) is 87.9 cm³/mol. The van der Waals surface area contributed by atoms with Crippen LogP contribution in [-0.2, 0) is 14.6 Å². The van der Waals surface area contributed by atoms with Crippen LogP contribution in [0.3, 0.4) is 0 Å². The van der Waals surface area contributed by atoms with Gasteiger partial charge in [0.05, 0.1) is 5.25 Å². The highest BCUT2D eigenvalue weighted by molar-refractivity contribution is 7.91. The molecule has 6 heteroatoms. The van der Waals surface area contributed by atoms with Crippen LogP contribution in [0.1, 0.15) is 25.0 Å². The number of hydrogen-bond acceptors (Lipinski definition) is 4. The molecule has 0 saturated carbocycles. The molecule has 0 heterocycles. The summed E-state index contributed by atoms with van der Waals surface area (Å²) in [6.07, 6.45) is 1.18. The molecule has 0 fully saturated rings. The Morgan fingerprint density at radius 2 is 1.73 bits per heavy atom. The molecule has 0 aromatic heterocycles. The topological polar surface area (TPSA) is 63.7 Å². The largest absolute Gasteiger partial charge is 0.483 e. The summed E-state index contributed by atoms with van der Waals surface area (Å²) in [6.45, 7) is 7.07. The third-order valence-corrected chi connectivity index (χ3v) is 5.85. The third-order valence-electron chi connectivity index (χ3n) is 4.11. The van der Waals surface area contributed by atoms with Gasteiger partial charge in [0.15, 0.2) is 16.4 Å². The van der Waals surface area contributed by atoms with Crippen molar-refractivity contribution in [3.8, 4) is 5.75 Å². The summed E-state index contributed by atoms with van der Waals surface area (Å²) in [5, 5.41) is -0.623. The van der Waals surface area contributed by atoms with Gasteiger partial charge in [0.1, 0.15) is 5.75 Å². The van der Waals surface area contributed by atoms with Crippen molar-refractivity contribution >= 4 is 15.7 Å². The van der Waals surface area contributed by atoms with Crippen molar-refractivity contribution < 1.29 is 17.9 Å². The second-order valence-corrected chi connectivity index (χ2v) is 8.19. The Hall–Kier alpha value is -1.56. The van der Waals surface area contributed by atoms with E-state index in [0.717, 1.165) is 11.1 Å². The summed E-state index contributed by atoms with van der Waals surface area (Å²) in [5.41, 5.74) is 1.93. The van der Waals surface area contributed by atoms with E-state index in [-0.39, 0.29) is 12.5 Å². The number of rotatable bonds is 6. The third kappa shape index (κ3) is 4.47. The smallest absolute Gasteiger partial charge is 0.260 e. The maximum atomic E-state index is 12.2. The van der Waals surface area contributed by atoms with Gasteiger partial charge in [0.25, 0.3) is 5.91 Å². The highest BCUT2D eigenvalue weighted by Crippen LogP contribution is 2.22. The number of likely N-dealkylation sites (N-methyl/N-ethyl adjacent to an activating group) is 1. The molecular formula is C16H25NO4S. The van der Waals surface area contributed by atoms with Gasteiger partial charge in [-0.25, -0.2) is 8.42 Å². The SMILES string of the molecule is Cc1cccc(C)c1OCC(=O)N(C)C(C)C(C)S(C)(=O)=O. The van der Waals surface area contributed by atoms with Gasteiger partial charge < -0.3 is 9.64 Å². The first-order valence-corrected chi connectivity index (χ1v) is 9.14. The lowest BCUT2D eigenvalue weighted by molar-refractivity contribution is -0.133. The van der Waals surface area contributed by atoms with E-state index in [1.807, 2.05) is 32.0 Å². The standard InChI is InChI=1S/C16H25NO4S/c1-11-8-7-9-12(2)16(11)21-10-15(18)17(5)13(3)14(4)22(6,19)20/h7-9,13-14H,10H2,1-6H3. The van der Waals surface area contributed by atoms with Crippen LogP contribution in [0.15, 0.2) is 18.2 Å². The molecule has 0 saturated heterocycles. The number of para-hydroxylation sites is 1. The second kappa shape index (κ2) is 7.13. The van der Waals surface area contributed by atoms with E-state index in [2.05, 4.69) is 0 Å². The fraction of sp³-hybridized carbons (Fsp3) is 0.562. The molecule has 1 amide bonds. The number of amides is 1. The Morgan fingerprint density at radius 1 is 1.23 bits per heavy atom. The summed E-state index contributed by atoms with van der Waals surface area (Å²) >= 11 is 0. The van der Waals surface area contributed by atoms with E-state index in [1.54, 1.807) is 20.9 Å². The number of nitrogens with zero attached hydrogens (tertiary/aromatic N) is 1. The maximum absolute atomic E-state index is 12.2. The number of ether oxygens (including phenoxy) is 1. The zero-order valence-electron chi connectivity index (χ0n) is 14.1. The minimum Gasteiger partial charge on any atom is -0.483 e. The first kappa shape index (κ1) is 18.5. The van der Waals surface area contributed by atoms with E-state index in [1.165, 1.54) is 11.2 Å². The fourth-order valence-electron chi connectivity index (χ4n) is 2.16. The quantitative estimate of drug-likeness (QED) is 0.801. The zero-order valence-corrected chi connectivity index (χ0v) is 14.9. The molecule has 0 bridgehead atoms. The number of aryl methyl sites for hydroxylation is 2. The normalized spacial score (nSPS) is 14.3. The molecule has 1 rings (SSSR count). The molecule has 5 nitrogen and oxygen atoms in total. The zero-order chi connectivity index (χ0) is 17.1. The molecule has 124 valence electrons. The van der Waals surface area contributed by atoms with Gasteiger partial charge >= 0.3 is 0 Å². The Labute approximate surface area is 133 Å². The molecule has 2 atom stereocenters. The van der Waals surface area contributed by atoms with Crippen LogP contribution in [0.25, 0.3) is 0 Å². The Morgan fingerprint density at radius 3 is 2.18 bits per heavy atom. The van der Waals surface area contributed by atoms with E-state index in [4.69, 9.17) is 4.74 Å². The highest BCUT2D eigenvalue weighted by atomic mass is 32.2. The van der Waals surface area contributed by atoms with Gasteiger partial charge in [-0.1, -0.05) is 18.2 Å². The fourth-order valence-corrected chi connectivity index (χ4v) is 3.06. The van der Waals surface area contributed by atoms with E-state index < -0.39 is 21.1 Å². The van der Waals surface area contributed by atoms with Crippen molar-refractivity contribution in [3.05, 3.63) is 29.3 Å². The minimum absolute atomic E-state index is 0.108. The number of hydrogen-bond donors (Lipinski definition) is 0. The van der Waals surface area contributed by atoms with Crippen LogP contribution in [0, 0.1) is 13.8 Å². The van der Waals surface area contributed by atoms with Gasteiger partial charge in [0.2, 0.25) is 0 Å². The summed E-state index contributed by atoms with van der Waals surface area (Å²) in [6, 6.07) is 5.36. The molecule has 0 aliphatic carbocycles. The Bertz CT molecular complexity index is 619. The summed E-state index contributed by atoms with van der Waals surface area (Å²) < 4.78 is 28.8. The van der Waals surface area contributed by atoms with Gasteiger partial charge in [-0.3, -0.25) is 4.79 Å². The summed E-state index contributed by atoms with van der Waals surface area (Å²) in [4.78, 5) is 13.6. The van der Waals surface area contributed by atoms with Gasteiger partial charge in [-0.15, -0.1) is 0 Å². The maximum Gasteiger partial charge on any atom is 0.260 e. The van der Waals surface area contributed by atoms with Crippen LogP contribution < -0.4 is 4.74 Å². The molecule has 22 heavy (non-hydrogen) atoms. The van der Waals surface area contributed by atoms with Crippen LogP contribution in [0.2, 0.25) is 0 Å². The molecular weight excluding hydrogens is 302 g/mol. The Balaban J connectivity index is 2.73. The van der Waals surface area contributed by atoms with Crippen LogP contribution >= 0.6 is 0 Å². The van der Waals surface area contributed by atoms with Crippen molar-refractivity contribution in [1.82, 2.24) is 4.90 Å². The van der Waals surface area contributed by atoms with Crippen molar-refractivity contribution in [3.63, 3.8) is 0 Å². The average molecular weight is 327 g/mol. The summed E-state index contributed by atoms with van der Waals surface area (Å²) in [5.74, 6) is 0.457. The van der Waals surface area contributed by atoms with Crippen LogP contribution in [-0.4, -0.2) is 50.4 Å². The van der Waals surface area contributed by atoms with Crippen LogP contribution in [0.4, 0.5) is 0 Å². The first-order chi connectivity index (χ1) is 10.1. The van der Waals surface area contributed by atoms with Crippen LogP contribution in [0.5, 0.6) is 5.75 Å². The average Bonchev–Trinajstić information content (AvgIpc) is 2.43. The molecule has 1 aromatic carbocycles. The van der Waals surface area contributed by atoms with E-state index in [9.17, 15) is 13.2 Å². The van der Waals surface area contributed by atoms with Crippen molar-refractivity contribution in [2.45, 2.75) is 39.0 Å². The summed E-state index contributed by atoms with van der Waals surface area (Å²) in [7, 11) is -1.60. The molecule has 0 N–H and O–H groups in total. The number of carbonyl (C=O) groups excluding carboxylic acids is 1. The van der Waals surface area contributed by atoms with Crippen molar-refractivity contribution in [2.24, 2.45) is 0 Å². The molecule has 0 aliphatic heterocycles. The van der Waals surface area contributed by atoms with E-state index in [0.29, 0.717) is 5.75 Å². The predicted octanol–water partition coefficient (Wildman–Crippen LogP) is 1.96. The second-order valence-electron chi connectivity index (χ2n) is 5.79. The molecule has 0 aliphatic rings. The molecule has 1 aromatic rings. The lowest BCUT2D eigenvalue weighted by Crippen LogP contribution is -2.46. The van der Waals surface area contributed by atoms with Gasteiger partial charge in [-0.05, 0) is 38.8 Å². The monoisotopic (exact) mass is 327 g/mol. The van der Waals surface area contributed by atoms with Crippen molar-refractivity contribution in [2.75, 3.05) is 19.9 Å². The first-order valence-electron chi connectivity index (χ1n) is 7.19. The van der Waals surface area contributed by atoms with Gasteiger partial charge in [0, 0.05) is 19.3 Å². The minimum atomic E-state index is -3.20. The van der Waals surface area contributed by atoms with Gasteiger partial charge in [-0.2, -0.15) is 0 Å². The lowest BCUT2D eigenvalue weighted by Gasteiger charge is -2.29. The lowest BCUT2D eigenvalue weighted by atomic mass is 10.1. The molecule has 2 unspecified atom stereocenters.